The van der Waals surface area contributed by atoms with E-state index < -0.39 is 5.97 Å². The Bertz CT molecular complexity index is 918. The molecule has 128 valence electrons. The summed E-state index contributed by atoms with van der Waals surface area (Å²) in [6, 6.07) is 8.60. The zero-order chi connectivity index (χ0) is 17.8. The Morgan fingerprint density at radius 3 is 2.88 bits per heavy atom. The second-order valence-corrected chi connectivity index (χ2v) is 5.83. The minimum Gasteiger partial charge on any atom is -0.496 e. The summed E-state index contributed by atoms with van der Waals surface area (Å²) < 4.78 is 10.9. The van der Waals surface area contributed by atoms with Crippen LogP contribution in [0.15, 0.2) is 39.9 Å². The topological polar surface area (TPSA) is 118 Å². The molecule has 2 aromatic heterocycles. The van der Waals surface area contributed by atoms with Crippen LogP contribution in [-0.2, 0) is 4.79 Å². The number of aromatic amines is 1. The molecular weight excluding hydrogens is 346 g/mol. The Kier molecular flexibility index (Phi) is 4.85. The maximum Gasteiger partial charge on any atom is 0.313 e. The van der Waals surface area contributed by atoms with E-state index in [-0.39, 0.29) is 5.75 Å². The number of nitrogens with zero attached hydrogens (tertiary/aromatic N) is 2. The van der Waals surface area contributed by atoms with Gasteiger partial charge in [-0.15, -0.1) is 5.10 Å². The van der Waals surface area contributed by atoms with E-state index in [9.17, 15) is 9.59 Å². The van der Waals surface area contributed by atoms with Crippen molar-refractivity contribution < 1.29 is 23.8 Å². The van der Waals surface area contributed by atoms with E-state index in [0.29, 0.717) is 45.7 Å². The Labute approximate surface area is 146 Å². The van der Waals surface area contributed by atoms with Gasteiger partial charge in [-0.3, -0.25) is 14.7 Å². The third kappa shape index (κ3) is 3.72. The smallest absolute Gasteiger partial charge is 0.313 e. The average Bonchev–Trinajstić information content (AvgIpc) is 3.28. The number of carbonyl (C=O) groups excluding carboxylic acids is 1. The molecule has 0 bridgehead atoms. The second-order valence-electron chi connectivity index (χ2n) is 4.89. The summed E-state index contributed by atoms with van der Waals surface area (Å²) in [6.07, 6.45) is 0.717. The van der Waals surface area contributed by atoms with Crippen LogP contribution in [0.1, 0.15) is 10.4 Å². The van der Waals surface area contributed by atoms with Crippen LogP contribution in [0, 0.1) is 0 Å². The predicted octanol–water partition coefficient (Wildman–Crippen LogP) is 2.73. The predicted molar refractivity (Wildman–Crippen MR) is 89.8 cm³/mol. The quantitative estimate of drug-likeness (QED) is 0.488. The fourth-order valence-corrected chi connectivity index (χ4v) is 2.67. The first-order chi connectivity index (χ1) is 12.1. The molecule has 0 fully saturated rings. The molecule has 0 saturated carbocycles. The van der Waals surface area contributed by atoms with Gasteiger partial charge in [-0.25, -0.2) is 0 Å². The summed E-state index contributed by atoms with van der Waals surface area (Å²) in [5.74, 6) is 0.817. The number of methoxy groups -OCH3 is 1. The number of nitrogens with one attached hydrogen (secondary N) is 1. The lowest BCUT2D eigenvalue weighted by atomic mass is 10.1. The number of thioether (sulfide) groups is 1. The van der Waals surface area contributed by atoms with Crippen molar-refractivity contribution in [3.8, 4) is 28.7 Å². The number of rotatable bonds is 7. The number of H-pyrrole nitrogens is 1. The lowest BCUT2D eigenvalue weighted by Gasteiger charge is -2.04. The molecule has 0 aliphatic rings. The highest BCUT2D eigenvalue weighted by Gasteiger charge is 2.13. The normalized spacial score (nSPS) is 10.6. The molecule has 0 saturated heterocycles. The number of aldehydes is 1. The van der Waals surface area contributed by atoms with E-state index in [1.54, 1.807) is 30.3 Å². The van der Waals surface area contributed by atoms with E-state index in [1.807, 2.05) is 0 Å². The SMILES string of the molecule is COc1ccc(-c2ccc(-c3nc(SCC(=O)O)n[nH]3)o2)cc1C=O. The summed E-state index contributed by atoms with van der Waals surface area (Å²) in [7, 11) is 1.50. The van der Waals surface area contributed by atoms with E-state index >= 15 is 0 Å². The number of furan rings is 1. The molecule has 0 aliphatic heterocycles. The van der Waals surface area contributed by atoms with Gasteiger partial charge in [0.25, 0.3) is 0 Å². The largest absolute Gasteiger partial charge is 0.496 e. The van der Waals surface area contributed by atoms with Gasteiger partial charge in [0.1, 0.15) is 11.5 Å². The molecule has 25 heavy (non-hydrogen) atoms. The molecule has 3 aromatic rings. The average molecular weight is 359 g/mol. The van der Waals surface area contributed by atoms with Crippen molar-refractivity contribution >= 4 is 24.0 Å². The Morgan fingerprint density at radius 2 is 2.16 bits per heavy atom. The van der Waals surface area contributed by atoms with E-state index in [1.165, 1.54) is 7.11 Å². The highest BCUT2D eigenvalue weighted by atomic mass is 32.2. The standard InChI is InChI=1S/C16H13N3O5S/c1-23-11-3-2-9(6-10(11)7-20)12-4-5-13(24-12)15-17-16(19-18-15)25-8-14(21)22/h2-7H,8H2,1H3,(H,21,22)(H,17,18,19). The fourth-order valence-electron chi connectivity index (χ4n) is 2.15. The van der Waals surface area contributed by atoms with Gasteiger partial charge in [0.15, 0.2) is 17.9 Å². The van der Waals surface area contributed by atoms with E-state index in [2.05, 4.69) is 15.2 Å². The first-order valence-electron chi connectivity index (χ1n) is 7.11. The fraction of sp³-hybridized carbons (Fsp3) is 0.125. The summed E-state index contributed by atoms with van der Waals surface area (Å²) in [5.41, 5.74) is 1.14. The maximum absolute atomic E-state index is 11.1. The maximum atomic E-state index is 11.1. The van der Waals surface area contributed by atoms with Crippen LogP contribution in [-0.4, -0.2) is 45.4 Å². The molecule has 8 nitrogen and oxygen atoms in total. The third-order valence-corrected chi connectivity index (χ3v) is 4.10. The molecule has 0 aliphatic carbocycles. The van der Waals surface area contributed by atoms with E-state index in [4.69, 9.17) is 14.3 Å². The lowest BCUT2D eigenvalue weighted by molar-refractivity contribution is -0.133. The second kappa shape index (κ2) is 7.22. The number of ether oxygens (including phenoxy) is 1. The Balaban J connectivity index is 1.83. The molecule has 0 unspecified atom stereocenters. The van der Waals surface area contributed by atoms with Crippen molar-refractivity contribution in [2.45, 2.75) is 5.16 Å². The van der Waals surface area contributed by atoms with Crippen molar-refractivity contribution in [2.24, 2.45) is 0 Å². The first kappa shape index (κ1) is 16.8. The summed E-state index contributed by atoms with van der Waals surface area (Å²) in [4.78, 5) is 25.9. The number of carboxylic acids is 1. The summed E-state index contributed by atoms with van der Waals surface area (Å²) >= 11 is 1.01. The third-order valence-electron chi connectivity index (χ3n) is 3.27. The number of carbonyl (C=O) groups is 2. The highest BCUT2D eigenvalue weighted by molar-refractivity contribution is 7.99. The van der Waals surface area contributed by atoms with Crippen molar-refractivity contribution in [3.05, 3.63) is 35.9 Å². The van der Waals surface area contributed by atoms with E-state index in [0.717, 1.165) is 11.8 Å². The molecule has 2 heterocycles. The summed E-state index contributed by atoms with van der Waals surface area (Å²) in [5, 5.41) is 15.6. The number of benzene rings is 1. The highest BCUT2D eigenvalue weighted by Crippen LogP contribution is 2.30. The van der Waals surface area contributed by atoms with Gasteiger partial charge in [0.05, 0.1) is 18.4 Å². The van der Waals surface area contributed by atoms with Crippen LogP contribution in [0.5, 0.6) is 5.75 Å². The number of hydrogen-bond acceptors (Lipinski definition) is 7. The molecule has 0 radical (unpaired) electrons. The van der Waals surface area contributed by atoms with Gasteiger partial charge < -0.3 is 14.3 Å². The van der Waals surface area contributed by atoms with Crippen LogP contribution in [0.3, 0.4) is 0 Å². The molecular formula is C16H13N3O5S. The first-order valence-corrected chi connectivity index (χ1v) is 8.10. The van der Waals surface area contributed by atoms with Gasteiger partial charge in [-0.2, -0.15) is 4.98 Å². The zero-order valence-corrected chi connectivity index (χ0v) is 13.9. The number of aromatic nitrogens is 3. The van der Waals surface area contributed by atoms with Crippen molar-refractivity contribution in [1.82, 2.24) is 15.2 Å². The van der Waals surface area contributed by atoms with Crippen molar-refractivity contribution in [2.75, 3.05) is 12.9 Å². The molecule has 0 spiro atoms. The molecule has 9 heteroatoms. The zero-order valence-electron chi connectivity index (χ0n) is 13.1. The van der Waals surface area contributed by atoms with Crippen molar-refractivity contribution in [3.63, 3.8) is 0 Å². The van der Waals surface area contributed by atoms with Crippen LogP contribution < -0.4 is 4.74 Å². The van der Waals surface area contributed by atoms with Crippen LogP contribution in [0.4, 0.5) is 0 Å². The minimum atomic E-state index is -0.942. The van der Waals surface area contributed by atoms with Gasteiger partial charge in [0.2, 0.25) is 5.16 Å². The molecule has 3 rings (SSSR count). The molecule has 2 N–H and O–H groups in total. The van der Waals surface area contributed by atoms with Gasteiger partial charge in [-0.05, 0) is 30.3 Å². The van der Waals surface area contributed by atoms with Gasteiger partial charge in [-0.1, -0.05) is 11.8 Å². The number of aliphatic carboxylic acids is 1. The van der Waals surface area contributed by atoms with Gasteiger partial charge in [0, 0.05) is 5.56 Å². The molecule has 0 amide bonds. The number of hydrogen-bond donors (Lipinski definition) is 2. The van der Waals surface area contributed by atoms with Crippen LogP contribution in [0.25, 0.3) is 22.9 Å². The summed E-state index contributed by atoms with van der Waals surface area (Å²) in [6.45, 7) is 0. The van der Waals surface area contributed by atoms with Crippen molar-refractivity contribution in [1.29, 1.82) is 0 Å². The Hall–Kier alpha value is -3.07. The Morgan fingerprint density at radius 1 is 1.36 bits per heavy atom. The van der Waals surface area contributed by atoms with Gasteiger partial charge >= 0.3 is 5.97 Å². The monoisotopic (exact) mass is 359 g/mol. The van der Waals surface area contributed by atoms with Crippen LogP contribution >= 0.6 is 11.8 Å². The molecule has 1 aromatic carbocycles. The number of carboxylic acid groups (broad SMARTS) is 1. The van der Waals surface area contributed by atoms with Crippen LogP contribution in [0.2, 0.25) is 0 Å². The molecule has 0 atom stereocenters. The lowest BCUT2D eigenvalue weighted by Crippen LogP contribution is -1.97. The minimum absolute atomic E-state index is 0.124.